The number of primary amides is 2. The quantitative estimate of drug-likeness (QED) is 0.735. The number of para-hydroxylation sites is 1. The van der Waals surface area contributed by atoms with Crippen molar-refractivity contribution in [2.24, 2.45) is 11.5 Å². The van der Waals surface area contributed by atoms with Gasteiger partial charge in [0.2, 0.25) is 0 Å². The van der Waals surface area contributed by atoms with Crippen molar-refractivity contribution in [3.05, 3.63) is 40.4 Å². The Morgan fingerprint density at radius 1 is 1.19 bits per heavy atom. The SMILES string of the molecule is Cc1c(C(N)=O)sc(-c2cn(C(N)=O)c3c(OC4CC4)cccc23)c1C. The number of aromatic nitrogens is 1. The molecule has 0 saturated heterocycles. The molecule has 26 heavy (non-hydrogen) atoms. The third-order valence-corrected chi connectivity index (χ3v) is 6.20. The maximum absolute atomic E-state index is 12.0. The zero-order chi connectivity index (χ0) is 18.6. The maximum Gasteiger partial charge on any atom is 0.323 e. The van der Waals surface area contributed by atoms with Crippen molar-refractivity contribution >= 4 is 34.2 Å². The highest BCUT2D eigenvalue weighted by atomic mass is 32.1. The molecule has 1 aliphatic carbocycles. The van der Waals surface area contributed by atoms with Crippen LogP contribution in [0.1, 0.15) is 33.6 Å². The van der Waals surface area contributed by atoms with Crippen LogP contribution in [-0.2, 0) is 0 Å². The number of hydrogen-bond donors (Lipinski definition) is 2. The van der Waals surface area contributed by atoms with Crippen molar-refractivity contribution in [2.75, 3.05) is 0 Å². The molecule has 1 saturated carbocycles. The number of thiophene rings is 1. The lowest BCUT2D eigenvalue weighted by Crippen LogP contribution is -2.18. The Morgan fingerprint density at radius 3 is 2.50 bits per heavy atom. The summed E-state index contributed by atoms with van der Waals surface area (Å²) in [4.78, 5) is 25.2. The number of nitrogens with two attached hydrogens (primary N) is 2. The topological polar surface area (TPSA) is 100 Å². The number of carbonyl (C=O) groups excluding carboxylic acids is 2. The molecule has 2 amide bonds. The fourth-order valence-electron chi connectivity index (χ4n) is 3.15. The van der Waals surface area contributed by atoms with E-state index in [1.54, 1.807) is 6.20 Å². The first-order valence-corrected chi connectivity index (χ1v) is 9.20. The molecule has 0 unspecified atom stereocenters. The molecule has 4 rings (SSSR count). The Kier molecular flexibility index (Phi) is 3.77. The number of fused-ring (bicyclic) bond motifs is 1. The van der Waals surface area contributed by atoms with E-state index in [0.29, 0.717) is 16.1 Å². The number of hydrogen-bond acceptors (Lipinski definition) is 4. The van der Waals surface area contributed by atoms with E-state index in [1.165, 1.54) is 15.9 Å². The second kappa shape index (κ2) is 5.88. The molecule has 0 aliphatic heterocycles. The maximum atomic E-state index is 12.0. The predicted molar refractivity (Wildman–Crippen MR) is 102 cm³/mol. The summed E-state index contributed by atoms with van der Waals surface area (Å²) in [6.07, 6.45) is 3.96. The zero-order valence-corrected chi connectivity index (χ0v) is 15.4. The van der Waals surface area contributed by atoms with E-state index >= 15 is 0 Å². The van der Waals surface area contributed by atoms with E-state index in [4.69, 9.17) is 16.2 Å². The molecule has 1 aliphatic rings. The standard InChI is InChI=1S/C19H19N3O3S/c1-9-10(2)17(18(20)23)26-16(9)13-8-22(19(21)24)15-12(13)4-3-5-14(15)25-11-6-7-11/h3-5,8,11H,6-7H2,1-2H3,(H2,20,23)(H2,21,24). The Balaban J connectivity index is 1.98. The molecule has 2 aromatic heterocycles. The van der Waals surface area contributed by atoms with Crippen LogP contribution >= 0.6 is 11.3 Å². The van der Waals surface area contributed by atoms with Gasteiger partial charge in [-0.2, -0.15) is 0 Å². The molecule has 7 heteroatoms. The van der Waals surface area contributed by atoms with Gasteiger partial charge in [0.25, 0.3) is 5.91 Å². The summed E-state index contributed by atoms with van der Waals surface area (Å²) in [5, 5.41) is 0.863. The van der Waals surface area contributed by atoms with Gasteiger partial charge in [0.1, 0.15) is 11.3 Å². The normalized spacial score (nSPS) is 13.9. The Bertz CT molecular complexity index is 1060. The number of carbonyl (C=O) groups is 2. The second-order valence-corrected chi connectivity index (χ2v) is 7.62. The Labute approximate surface area is 154 Å². The van der Waals surface area contributed by atoms with E-state index in [1.807, 2.05) is 32.0 Å². The summed E-state index contributed by atoms with van der Waals surface area (Å²) < 4.78 is 7.39. The average Bonchev–Trinajstić information content (AvgIpc) is 3.24. The summed E-state index contributed by atoms with van der Waals surface area (Å²) in [6.45, 7) is 3.83. The van der Waals surface area contributed by atoms with Gasteiger partial charge in [0.15, 0.2) is 0 Å². The zero-order valence-electron chi connectivity index (χ0n) is 14.5. The van der Waals surface area contributed by atoms with Gasteiger partial charge < -0.3 is 16.2 Å². The molecule has 0 atom stereocenters. The first-order valence-electron chi connectivity index (χ1n) is 8.39. The first-order chi connectivity index (χ1) is 12.4. The van der Waals surface area contributed by atoms with E-state index in [9.17, 15) is 9.59 Å². The highest BCUT2D eigenvalue weighted by Gasteiger charge is 2.27. The van der Waals surface area contributed by atoms with Crippen molar-refractivity contribution in [1.82, 2.24) is 4.57 Å². The molecule has 134 valence electrons. The van der Waals surface area contributed by atoms with Gasteiger partial charge in [-0.05, 0) is 43.9 Å². The molecule has 1 aromatic carbocycles. The minimum Gasteiger partial charge on any atom is -0.488 e. The number of benzene rings is 1. The van der Waals surface area contributed by atoms with Gasteiger partial charge in [-0.1, -0.05) is 12.1 Å². The summed E-state index contributed by atoms with van der Waals surface area (Å²) in [6, 6.07) is 5.11. The second-order valence-electron chi connectivity index (χ2n) is 6.60. The first kappa shape index (κ1) is 16.7. The highest BCUT2D eigenvalue weighted by Crippen LogP contribution is 2.43. The Hall–Kier alpha value is -2.80. The number of amides is 2. The van der Waals surface area contributed by atoms with Gasteiger partial charge in [-0.25, -0.2) is 4.79 Å². The van der Waals surface area contributed by atoms with Crippen LogP contribution in [-0.4, -0.2) is 22.6 Å². The van der Waals surface area contributed by atoms with Crippen LogP contribution in [0.4, 0.5) is 4.79 Å². The third-order valence-electron chi connectivity index (χ3n) is 4.76. The van der Waals surface area contributed by atoms with Crippen LogP contribution in [0.3, 0.4) is 0 Å². The van der Waals surface area contributed by atoms with Crippen molar-refractivity contribution in [2.45, 2.75) is 32.8 Å². The summed E-state index contributed by atoms with van der Waals surface area (Å²) in [5.41, 5.74) is 14.4. The molecule has 0 bridgehead atoms. The van der Waals surface area contributed by atoms with Gasteiger partial charge >= 0.3 is 6.03 Å². The minimum absolute atomic E-state index is 0.201. The molecular weight excluding hydrogens is 350 g/mol. The molecule has 0 radical (unpaired) electrons. The lowest BCUT2D eigenvalue weighted by molar-refractivity contribution is 0.100. The van der Waals surface area contributed by atoms with Crippen LogP contribution in [0, 0.1) is 13.8 Å². The number of ether oxygens (including phenoxy) is 1. The van der Waals surface area contributed by atoms with Crippen LogP contribution in [0.5, 0.6) is 5.75 Å². The van der Waals surface area contributed by atoms with Crippen LogP contribution in [0.2, 0.25) is 0 Å². The van der Waals surface area contributed by atoms with E-state index in [-0.39, 0.29) is 6.10 Å². The van der Waals surface area contributed by atoms with Crippen molar-refractivity contribution in [3.63, 3.8) is 0 Å². The van der Waals surface area contributed by atoms with Crippen LogP contribution < -0.4 is 16.2 Å². The van der Waals surface area contributed by atoms with E-state index in [0.717, 1.165) is 39.8 Å². The smallest absolute Gasteiger partial charge is 0.323 e. The largest absolute Gasteiger partial charge is 0.488 e. The molecular formula is C19H19N3O3S. The van der Waals surface area contributed by atoms with Gasteiger partial charge in [0.05, 0.1) is 11.0 Å². The molecule has 6 nitrogen and oxygen atoms in total. The lowest BCUT2D eigenvalue weighted by Gasteiger charge is -2.08. The van der Waals surface area contributed by atoms with Gasteiger partial charge in [-0.15, -0.1) is 11.3 Å². The van der Waals surface area contributed by atoms with E-state index < -0.39 is 11.9 Å². The number of rotatable bonds is 4. The molecule has 2 heterocycles. The van der Waals surface area contributed by atoms with Gasteiger partial charge in [0, 0.05) is 22.0 Å². The van der Waals surface area contributed by atoms with Crippen molar-refractivity contribution < 1.29 is 14.3 Å². The highest BCUT2D eigenvalue weighted by molar-refractivity contribution is 7.17. The fourth-order valence-corrected chi connectivity index (χ4v) is 4.34. The molecule has 3 aromatic rings. The van der Waals surface area contributed by atoms with Gasteiger partial charge in [-0.3, -0.25) is 9.36 Å². The predicted octanol–water partition coefficient (Wildman–Crippen LogP) is 3.55. The third kappa shape index (κ3) is 2.55. The van der Waals surface area contributed by atoms with Crippen molar-refractivity contribution in [1.29, 1.82) is 0 Å². The minimum atomic E-state index is -0.575. The molecule has 1 fully saturated rings. The monoisotopic (exact) mass is 369 g/mol. The number of nitrogens with zero attached hydrogens (tertiary/aromatic N) is 1. The van der Waals surface area contributed by atoms with Crippen LogP contribution in [0.25, 0.3) is 21.3 Å². The molecule has 0 spiro atoms. The average molecular weight is 369 g/mol. The summed E-state index contributed by atoms with van der Waals surface area (Å²) in [5.74, 6) is 0.203. The summed E-state index contributed by atoms with van der Waals surface area (Å²) in [7, 11) is 0. The molecule has 4 N–H and O–H groups in total. The van der Waals surface area contributed by atoms with Crippen molar-refractivity contribution in [3.8, 4) is 16.2 Å². The van der Waals surface area contributed by atoms with Crippen LogP contribution in [0.15, 0.2) is 24.4 Å². The Morgan fingerprint density at radius 2 is 1.92 bits per heavy atom. The fraction of sp³-hybridized carbons (Fsp3) is 0.263. The lowest BCUT2D eigenvalue weighted by atomic mass is 10.1. The van der Waals surface area contributed by atoms with E-state index in [2.05, 4.69) is 0 Å². The summed E-state index contributed by atoms with van der Waals surface area (Å²) >= 11 is 1.34.